The van der Waals surface area contributed by atoms with Crippen LogP contribution in [0.25, 0.3) is 0 Å². The highest BCUT2D eigenvalue weighted by atomic mass is 16.1. The predicted octanol–water partition coefficient (Wildman–Crippen LogP) is 3.80. The summed E-state index contributed by atoms with van der Waals surface area (Å²) < 4.78 is 0. The summed E-state index contributed by atoms with van der Waals surface area (Å²) in [4.78, 5) is 29.0. The molecule has 2 atom stereocenters. The summed E-state index contributed by atoms with van der Waals surface area (Å²) in [7, 11) is 0. The lowest BCUT2D eigenvalue weighted by Crippen LogP contribution is -2.42. The zero-order valence-corrected chi connectivity index (χ0v) is 13.2. The van der Waals surface area contributed by atoms with Gasteiger partial charge in [-0.25, -0.2) is 19.6 Å². The molecule has 4 heteroatoms. The minimum Gasteiger partial charge on any atom is -0.211 e. The van der Waals surface area contributed by atoms with E-state index in [1.807, 2.05) is 0 Å². The molecule has 116 valence electrons. The Balaban J connectivity index is 2.06. The summed E-state index contributed by atoms with van der Waals surface area (Å²) in [5.41, 5.74) is 0.182. The van der Waals surface area contributed by atoms with Crippen LogP contribution in [0.4, 0.5) is 0 Å². The second kappa shape index (κ2) is 7.15. The van der Waals surface area contributed by atoms with Gasteiger partial charge in [0.15, 0.2) is 0 Å². The Morgan fingerprint density at radius 3 is 2.10 bits per heavy atom. The summed E-state index contributed by atoms with van der Waals surface area (Å²) in [6.45, 7) is 4.68. The van der Waals surface area contributed by atoms with Crippen molar-refractivity contribution >= 4 is 12.2 Å². The number of isocyanates is 2. The number of nitrogens with zero attached hydrogens (tertiary/aromatic N) is 2. The zero-order chi connectivity index (χ0) is 15.3. The first-order valence-corrected chi connectivity index (χ1v) is 8.23. The molecule has 0 radical (unpaired) electrons. The van der Waals surface area contributed by atoms with Crippen molar-refractivity contribution in [2.75, 3.05) is 0 Å². The van der Waals surface area contributed by atoms with E-state index >= 15 is 0 Å². The molecule has 0 aromatic rings. The molecule has 2 aliphatic rings. The quantitative estimate of drug-likeness (QED) is 0.584. The predicted molar refractivity (Wildman–Crippen MR) is 81.5 cm³/mol. The highest BCUT2D eigenvalue weighted by molar-refractivity contribution is 5.34. The molecular formula is C17H26N2O2. The van der Waals surface area contributed by atoms with Crippen LogP contribution in [0.15, 0.2) is 9.98 Å². The first kappa shape index (κ1) is 16.1. The van der Waals surface area contributed by atoms with Crippen LogP contribution in [-0.2, 0) is 9.59 Å². The van der Waals surface area contributed by atoms with Crippen molar-refractivity contribution in [3.63, 3.8) is 0 Å². The molecule has 21 heavy (non-hydrogen) atoms. The molecule has 0 heterocycles. The maximum absolute atomic E-state index is 10.7. The third-order valence-corrected chi connectivity index (χ3v) is 5.89. The van der Waals surface area contributed by atoms with E-state index < -0.39 is 0 Å². The van der Waals surface area contributed by atoms with Gasteiger partial charge in [-0.3, -0.25) is 0 Å². The Labute approximate surface area is 127 Å². The molecule has 0 saturated heterocycles. The van der Waals surface area contributed by atoms with E-state index in [0.29, 0.717) is 11.8 Å². The van der Waals surface area contributed by atoms with Gasteiger partial charge in [0.25, 0.3) is 0 Å². The SMILES string of the molecule is CC(C)(C1CCC(N=C=O)CC1)C1CCCCC1N=C=O. The first-order chi connectivity index (χ1) is 10.1. The van der Waals surface area contributed by atoms with Crippen LogP contribution in [0.1, 0.15) is 65.2 Å². The zero-order valence-electron chi connectivity index (χ0n) is 13.2. The molecule has 4 nitrogen and oxygen atoms in total. The number of hydrogen-bond acceptors (Lipinski definition) is 4. The van der Waals surface area contributed by atoms with E-state index in [-0.39, 0.29) is 17.5 Å². The van der Waals surface area contributed by atoms with Crippen LogP contribution in [0.3, 0.4) is 0 Å². The fourth-order valence-electron chi connectivity index (χ4n) is 4.53. The molecule has 2 rings (SSSR count). The lowest BCUT2D eigenvalue weighted by atomic mass is 9.59. The Morgan fingerprint density at radius 1 is 0.857 bits per heavy atom. The van der Waals surface area contributed by atoms with Crippen LogP contribution in [-0.4, -0.2) is 24.2 Å². The van der Waals surface area contributed by atoms with E-state index in [2.05, 4.69) is 23.8 Å². The van der Waals surface area contributed by atoms with Gasteiger partial charge in [0, 0.05) is 0 Å². The standard InChI is InChI=1S/C17H26N2O2/c1-17(2,13-7-9-14(10-8-13)18-11-20)15-5-3-4-6-16(15)19-12-21/h13-16H,3-10H2,1-2H3. The van der Waals surface area contributed by atoms with Crippen molar-refractivity contribution in [2.24, 2.45) is 27.2 Å². The average Bonchev–Trinajstić information content (AvgIpc) is 2.49. The van der Waals surface area contributed by atoms with E-state index in [9.17, 15) is 9.59 Å². The molecule has 0 bridgehead atoms. The monoisotopic (exact) mass is 290 g/mol. The minimum absolute atomic E-state index is 0.150. The molecule has 2 fully saturated rings. The van der Waals surface area contributed by atoms with Gasteiger partial charge in [0.05, 0.1) is 12.1 Å². The number of hydrogen-bond donors (Lipinski definition) is 0. The van der Waals surface area contributed by atoms with Gasteiger partial charge in [-0.2, -0.15) is 0 Å². The van der Waals surface area contributed by atoms with Crippen LogP contribution in [0, 0.1) is 17.3 Å². The van der Waals surface area contributed by atoms with Crippen molar-refractivity contribution in [3.8, 4) is 0 Å². The summed E-state index contributed by atoms with van der Waals surface area (Å²) in [6.07, 6.45) is 12.3. The van der Waals surface area contributed by atoms with E-state index in [0.717, 1.165) is 38.5 Å². The lowest BCUT2D eigenvalue weighted by molar-refractivity contribution is 0.0439. The number of carbonyl (C=O) groups excluding carboxylic acids is 2. The van der Waals surface area contributed by atoms with Gasteiger partial charge in [-0.15, -0.1) is 0 Å². The van der Waals surface area contributed by atoms with Crippen molar-refractivity contribution in [1.82, 2.24) is 0 Å². The van der Waals surface area contributed by atoms with Crippen LogP contribution >= 0.6 is 0 Å². The summed E-state index contributed by atoms with van der Waals surface area (Å²) in [6, 6.07) is 0.321. The normalized spacial score (nSPS) is 33.6. The van der Waals surface area contributed by atoms with Crippen molar-refractivity contribution in [1.29, 1.82) is 0 Å². The summed E-state index contributed by atoms with van der Waals surface area (Å²) in [5, 5.41) is 0. The van der Waals surface area contributed by atoms with E-state index in [1.165, 1.54) is 12.8 Å². The molecule has 2 saturated carbocycles. The topological polar surface area (TPSA) is 58.9 Å². The third kappa shape index (κ3) is 3.70. The molecule has 0 spiro atoms. The molecular weight excluding hydrogens is 264 g/mol. The van der Waals surface area contributed by atoms with Crippen molar-refractivity contribution < 1.29 is 9.59 Å². The van der Waals surface area contributed by atoms with Gasteiger partial charge in [-0.05, 0) is 55.8 Å². The highest BCUT2D eigenvalue weighted by Crippen LogP contribution is 2.49. The highest BCUT2D eigenvalue weighted by Gasteiger charge is 2.43. The Morgan fingerprint density at radius 2 is 1.48 bits per heavy atom. The number of rotatable bonds is 4. The second-order valence-electron chi connectivity index (χ2n) is 7.23. The van der Waals surface area contributed by atoms with E-state index in [1.54, 1.807) is 12.2 Å². The largest absolute Gasteiger partial charge is 0.235 e. The van der Waals surface area contributed by atoms with Gasteiger partial charge < -0.3 is 0 Å². The van der Waals surface area contributed by atoms with Gasteiger partial charge in [-0.1, -0.05) is 26.7 Å². The fraction of sp³-hybridized carbons (Fsp3) is 0.882. The van der Waals surface area contributed by atoms with Gasteiger partial charge >= 0.3 is 0 Å². The first-order valence-electron chi connectivity index (χ1n) is 8.23. The Hall–Kier alpha value is -1.24. The lowest BCUT2D eigenvalue weighted by Gasteiger charge is -2.47. The van der Waals surface area contributed by atoms with Crippen LogP contribution < -0.4 is 0 Å². The Kier molecular flexibility index (Phi) is 5.50. The summed E-state index contributed by atoms with van der Waals surface area (Å²) in [5.74, 6) is 1.10. The van der Waals surface area contributed by atoms with Gasteiger partial charge in [0.2, 0.25) is 12.2 Å². The van der Waals surface area contributed by atoms with Crippen molar-refractivity contribution in [2.45, 2.75) is 77.3 Å². The fourth-order valence-corrected chi connectivity index (χ4v) is 4.53. The molecule has 0 aromatic heterocycles. The third-order valence-electron chi connectivity index (χ3n) is 5.89. The minimum atomic E-state index is 0.150. The smallest absolute Gasteiger partial charge is 0.211 e. The average molecular weight is 290 g/mol. The van der Waals surface area contributed by atoms with E-state index in [4.69, 9.17) is 0 Å². The van der Waals surface area contributed by atoms with Crippen LogP contribution in [0.2, 0.25) is 0 Å². The van der Waals surface area contributed by atoms with Gasteiger partial charge in [0.1, 0.15) is 0 Å². The maximum atomic E-state index is 10.7. The maximum Gasteiger partial charge on any atom is 0.235 e. The molecule has 2 aliphatic carbocycles. The second-order valence-corrected chi connectivity index (χ2v) is 7.23. The summed E-state index contributed by atoms with van der Waals surface area (Å²) >= 11 is 0. The Bertz CT molecular complexity index is 440. The number of aliphatic imine (C=N–C) groups is 2. The molecule has 0 aromatic carbocycles. The molecule has 0 amide bonds. The molecule has 0 aliphatic heterocycles. The van der Waals surface area contributed by atoms with Crippen LogP contribution in [0.5, 0.6) is 0 Å². The van der Waals surface area contributed by atoms with Crippen molar-refractivity contribution in [3.05, 3.63) is 0 Å². The molecule has 0 N–H and O–H groups in total. The molecule has 2 unspecified atom stereocenters.